The summed E-state index contributed by atoms with van der Waals surface area (Å²) in [5.74, 6) is 2.56. The molecule has 2 heteroatoms. The second kappa shape index (κ2) is 4.44. The highest BCUT2D eigenvalue weighted by Crippen LogP contribution is 2.64. The Labute approximate surface area is 128 Å². The second-order valence-corrected chi connectivity index (χ2v) is 8.60. The summed E-state index contributed by atoms with van der Waals surface area (Å²) in [6.07, 6.45) is 11.8. The Kier molecular flexibility index (Phi) is 2.96. The lowest BCUT2D eigenvalue weighted by atomic mass is 9.45. The van der Waals surface area contributed by atoms with Gasteiger partial charge in [0.1, 0.15) is 5.78 Å². The van der Waals surface area contributed by atoms with Gasteiger partial charge in [-0.15, -0.1) is 0 Å². The average molecular weight is 288 g/mol. The number of aliphatic hydroxyl groups excluding tert-OH is 1. The van der Waals surface area contributed by atoms with Crippen LogP contribution in [0.25, 0.3) is 0 Å². The lowest BCUT2D eigenvalue weighted by Gasteiger charge is -2.60. The van der Waals surface area contributed by atoms with Crippen molar-refractivity contribution in [3.8, 4) is 0 Å². The van der Waals surface area contributed by atoms with Crippen LogP contribution in [0.4, 0.5) is 0 Å². The first-order valence-corrected chi connectivity index (χ1v) is 8.85. The van der Waals surface area contributed by atoms with E-state index in [0.29, 0.717) is 35.9 Å². The third-order valence-corrected chi connectivity index (χ3v) is 7.80. The molecule has 4 rings (SSSR count). The van der Waals surface area contributed by atoms with Crippen molar-refractivity contribution in [3.63, 3.8) is 0 Å². The minimum absolute atomic E-state index is 0.228. The molecule has 2 nitrogen and oxygen atoms in total. The Morgan fingerprint density at radius 1 is 1.24 bits per heavy atom. The maximum Gasteiger partial charge on any atom is 0.139 e. The van der Waals surface area contributed by atoms with Crippen molar-refractivity contribution in [2.24, 2.45) is 34.5 Å². The van der Waals surface area contributed by atoms with Gasteiger partial charge >= 0.3 is 0 Å². The van der Waals surface area contributed by atoms with Crippen molar-refractivity contribution in [2.75, 3.05) is 0 Å². The first kappa shape index (κ1) is 14.0. The number of carbonyl (C=O) groups excluding carboxylic acids is 1. The van der Waals surface area contributed by atoms with Gasteiger partial charge in [-0.25, -0.2) is 0 Å². The minimum atomic E-state index is -0.280. The molecule has 0 amide bonds. The van der Waals surface area contributed by atoms with E-state index in [1.54, 1.807) is 0 Å². The van der Waals surface area contributed by atoms with Gasteiger partial charge in [0.05, 0.1) is 6.10 Å². The van der Waals surface area contributed by atoms with Crippen LogP contribution < -0.4 is 0 Å². The largest absolute Gasteiger partial charge is 0.393 e. The molecular weight excluding hydrogens is 260 g/mol. The number of carbonyl (C=O) groups is 1. The number of ketones is 1. The van der Waals surface area contributed by atoms with E-state index in [0.717, 1.165) is 19.3 Å². The number of fused-ring (bicyclic) bond motifs is 5. The summed E-state index contributed by atoms with van der Waals surface area (Å²) in [6, 6.07) is 0. The van der Waals surface area contributed by atoms with Gasteiger partial charge in [0.25, 0.3) is 0 Å². The monoisotopic (exact) mass is 288 g/mol. The molecule has 7 atom stereocenters. The highest BCUT2D eigenvalue weighted by molar-refractivity contribution is 5.87. The van der Waals surface area contributed by atoms with Crippen LogP contribution in [-0.4, -0.2) is 17.0 Å². The molecular formula is C19H28O2. The molecule has 116 valence electrons. The number of hydrogen-bond donors (Lipinski definition) is 1. The highest BCUT2D eigenvalue weighted by atomic mass is 16.3. The van der Waals surface area contributed by atoms with E-state index in [-0.39, 0.29) is 16.9 Å². The van der Waals surface area contributed by atoms with Crippen LogP contribution in [0.2, 0.25) is 0 Å². The first-order valence-electron chi connectivity index (χ1n) is 8.85. The average Bonchev–Trinajstić information content (AvgIpc) is 2.73. The van der Waals surface area contributed by atoms with Crippen LogP contribution >= 0.6 is 0 Å². The van der Waals surface area contributed by atoms with Crippen molar-refractivity contribution in [3.05, 3.63) is 12.2 Å². The Bertz CT molecular complexity index is 496. The van der Waals surface area contributed by atoms with Gasteiger partial charge in [-0.1, -0.05) is 26.0 Å². The van der Waals surface area contributed by atoms with Crippen molar-refractivity contribution in [1.82, 2.24) is 0 Å². The molecule has 0 spiro atoms. The molecule has 21 heavy (non-hydrogen) atoms. The van der Waals surface area contributed by atoms with E-state index in [1.165, 1.54) is 19.3 Å². The molecule has 0 aliphatic heterocycles. The Morgan fingerprint density at radius 2 is 2.05 bits per heavy atom. The zero-order valence-electron chi connectivity index (χ0n) is 13.3. The summed E-state index contributed by atoms with van der Waals surface area (Å²) < 4.78 is 0. The molecule has 0 bridgehead atoms. The maximum atomic E-state index is 12.4. The third-order valence-electron chi connectivity index (χ3n) is 7.80. The van der Waals surface area contributed by atoms with Crippen LogP contribution in [0, 0.1) is 34.5 Å². The fourth-order valence-electron chi connectivity index (χ4n) is 6.73. The van der Waals surface area contributed by atoms with Crippen molar-refractivity contribution < 1.29 is 9.90 Å². The summed E-state index contributed by atoms with van der Waals surface area (Å²) in [7, 11) is 0. The molecule has 3 saturated carbocycles. The Morgan fingerprint density at radius 3 is 2.86 bits per heavy atom. The fourth-order valence-corrected chi connectivity index (χ4v) is 6.73. The summed E-state index contributed by atoms with van der Waals surface area (Å²) in [4.78, 5) is 12.4. The molecule has 0 radical (unpaired) electrons. The van der Waals surface area contributed by atoms with Crippen molar-refractivity contribution in [1.29, 1.82) is 0 Å². The topological polar surface area (TPSA) is 37.3 Å². The standard InChI is InChI=1S/C19H28O2/c1-18-10-4-3-5-12(18)6-7-13-14-8-9-16(21)19(14,2)11-15(20)17(13)18/h3,5,12-15,17,20H,4,6-11H2,1-2H3/t12-,13+,14+,15+,17-,18+,19+/m1/s1. The molecule has 0 heterocycles. The summed E-state index contributed by atoms with van der Waals surface area (Å²) in [6.45, 7) is 4.56. The summed E-state index contributed by atoms with van der Waals surface area (Å²) in [5, 5.41) is 11.0. The van der Waals surface area contributed by atoms with Gasteiger partial charge in [0.2, 0.25) is 0 Å². The van der Waals surface area contributed by atoms with Gasteiger partial charge in [0.15, 0.2) is 0 Å². The van der Waals surface area contributed by atoms with Gasteiger partial charge in [-0.05, 0) is 67.6 Å². The first-order chi connectivity index (χ1) is 9.97. The smallest absolute Gasteiger partial charge is 0.139 e. The number of rotatable bonds is 0. The number of hydrogen-bond acceptors (Lipinski definition) is 2. The minimum Gasteiger partial charge on any atom is -0.393 e. The number of Topliss-reactive ketones (excluding diaryl/α,β-unsaturated/α-hetero) is 1. The summed E-state index contributed by atoms with van der Waals surface area (Å²) >= 11 is 0. The lowest BCUT2D eigenvalue weighted by Crippen LogP contribution is -2.57. The lowest BCUT2D eigenvalue weighted by molar-refractivity contribution is -0.159. The number of aliphatic hydroxyl groups is 1. The van der Waals surface area contributed by atoms with Crippen LogP contribution in [0.15, 0.2) is 12.2 Å². The molecule has 0 unspecified atom stereocenters. The molecule has 1 N–H and O–H groups in total. The van der Waals surface area contributed by atoms with Crippen LogP contribution in [-0.2, 0) is 4.79 Å². The van der Waals surface area contributed by atoms with Gasteiger partial charge in [-0.2, -0.15) is 0 Å². The highest BCUT2D eigenvalue weighted by Gasteiger charge is 2.62. The second-order valence-electron chi connectivity index (χ2n) is 8.60. The van der Waals surface area contributed by atoms with Gasteiger partial charge < -0.3 is 5.11 Å². The SMILES string of the molecule is C[C@]12CCC=C[C@@H]1CC[C@@H]1[C@@H]2[C@@H](O)C[C@]2(C)C(=O)CC[C@@H]12. The van der Waals surface area contributed by atoms with E-state index in [9.17, 15) is 9.90 Å². The van der Waals surface area contributed by atoms with E-state index in [1.807, 2.05) is 0 Å². The zero-order valence-corrected chi connectivity index (χ0v) is 13.3. The fraction of sp³-hybridized carbons (Fsp3) is 0.842. The molecule has 0 saturated heterocycles. The number of allylic oxidation sites excluding steroid dienone is 2. The Hall–Kier alpha value is -0.630. The van der Waals surface area contributed by atoms with Crippen molar-refractivity contribution >= 4 is 5.78 Å². The van der Waals surface area contributed by atoms with E-state index in [4.69, 9.17) is 0 Å². The molecule has 0 aromatic rings. The van der Waals surface area contributed by atoms with Crippen LogP contribution in [0.1, 0.15) is 58.8 Å². The van der Waals surface area contributed by atoms with E-state index < -0.39 is 0 Å². The molecule has 0 aromatic carbocycles. The maximum absolute atomic E-state index is 12.4. The third kappa shape index (κ3) is 1.72. The normalized spacial score (nSPS) is 55.8. The van der Waals surface area contributed by atoms with E-state index >= 15 is 0 Å². The predicted molar refractivity (Wildman–Crippen MR) is 82.6 cm³/mol. The van der Waals surface area contributed by atoms with E-state index in [2.05, 4.69) is 26.0 Å². The predicted octanol–water partition coefficient (Wildman–Crippen LogP) is 3.74. The molecule has 0 aromatic heterocycles. The quantitative estimate of drug-likeness (QED) is 0.690. The van der Waals surface area contributed by atoms with Crippen molar-refractivity contribution in [2.45, 2.75) is 64.9 Å². The van der Waals surface area contributed by atoms with Crippen LogP contribution in [0.3, 0.4) is 0 Å². The summed E-state index contributed by atoms with van der Waals surface area (Å²) in [5.41, 5.74) is 0.0261. The Balaban J connectivity index is 1.73. The van der Waals surface area contributed by atoms with Gasteiger partial charge in [0, 0.05) is 11.8 Å². The molecule has 3 fully saturated rings. The van der Waals surface area contributed by atoms with Gasteiger partial charge in [-0.3, -0.25) is 4.79 Å². The van der Waals surface area contributed by atoms with Crippen LogP contribution in [0.5, 0.6) is 0 Å². The zero-order chi connectivity index (χ0) is 14.8. The molecule has 4 aliphatic carbocycles. The molecule has 4 aliphatic rings.